The van der Waals surface area contributed by atoms with E-state index in [0.29, 0.717) is 25.0 Å². The van der Waals surface area contributed by atoms with Crippen LogP contribution in [0.2, 0.25) is 18.1 Å². The van der Waals surface area contributed by atoms with Crippen molar-refractivity contribution in [3.05, 3.63) is 52.1 Å². The largest absolute Gasteiger partial charge is 0.421 e. The fourth-order valence-electron chi connectivity index (χ4n) is 3.24. The maximum Gasteiger partial charge on any atom is 0.421 e. The van der Waals surface area contributed by atoms with E-state index in [4.69, 9.17) is 4.43 Å². The Morgan fingerprint density at radius 3 is 2.35 bits per heavy atom. The average molecular weight is 514 g/mol. The molecule has 34 heavy (non-hydrogen) atoms. The Morgan fingerprint density at radius 2 is 1.76 bits per heavy atom. The maximum atomic E-state index is 14.0. The van der Waals surface area contributed by atoms with Crippen molar-refractivity contribution in [2.24, 2.45) is 0 Å². The number of rotatable bonds is 9. The molecule has 1 aromatic carbocycles. The van der Waals surface area contributed by atoms with Gasteiger partial charge in [-0.05, 0) is 69.4 Å². The number of aromatic nitrogens is 1. The molecule has 2 aromatic rings. The second kappa shape index (κ2) is 10.6. The summed E-state index contributed by atoms with van der Waals surface area (Å²) in [6, 6.07) is 4.30. The molecule has 2 rings (SSSR count). The molecule has 0 aliphatic rings. The van der Waals surface area contributed by atoms with Crippen LogP contribution in [0.4, 0.5) is 13.2 Å². The van der Waals surface area contributed by atoms with Gasteiger partial charge in [0.2, 0.25) is 0 Å². The van der Waals surface area contributed by atoms with Crippen LogP contribution in [-0.4, -0.2) is 31.2 Å². The number of thiazole rings is 1. The second-order valence-electron chi connectivity index (χ2n) is 10.7. The minimum Gasteiger partial charge on any atom is -0.413 e. The summed E-state index contributed by atoms with van der Waals surface area (Å²) in [6.45, 7) is 17.2. The molecule has 0 aliphatic carbocycles. The molecule has 0 saturated carbocycles. The molecule has 0 saturated heterocycles. The maximum absolute atomic E-state index is 14.0. The standard InChI is InChI=1S/C26H38F3NO2SSi/c1-18(10-9-11-19(2)17-32-34(7,8)24(4,5)6)14-15-25(31,26(27,28)29)21-12-13-23-22(16-21)30-20(3)33-23/h11-14,16,31H,9-10,15,17H2,1-8H3/b18-14-,19-11+. The topological polar surface area (TPSA) is 42.4 Å². The molecule has 3 nitrogen and oxygen atoms in total. The Hall–Kier alpha value is -1.48. The van der Waals surface area contributed by atoms with E-state index in [9.17, 15) is 18.3 Å². The van der Waals surface area contributed by atoms with E-state index in [1.54, 1.807) is 13.0 Å². The third kappa shape index (κ3) is 7.03. The number of alkyl halides is 3. The zero-order valence-electron chi connectivity index (χ0n) is 21.6. The zero-order chi connectivity index (χ0) is 25.9. The van der Waals surface area contributed by atoms with E-state index < -0.39 is 26.5 Å². The second-order valence-corrected chi connectivity index (χ2v) is 16.7. The summed E-state index contributed by atoms with van der Waals surface area (Å²) in [5.41, 5.74) is -0.730. The Kier molecular flexibility index (Phi) is 9.00. The first-order chi connectivity index (χ1) is 15.5. The van der Waals surface area contributed by atoms with E-state index in [1.807, 2.05) is 13.8 Å². The number of fused-ring (bicyclic) bond motifs is 1. The lowest BCUT2D eigenvalue weighted by Gasteiger charge is -2.36. The molecule has 0 aliphatic heterocycles. The van der Waals surface area contributed by atoms with E-state index in [0.717, 1.165) is 20.9 Å². The van der Waals surface area contributed by atoms with Gasteiger partial charge < -0.3 is 9.53 Å². The monoisotopic (exact) mass is 513 g/mol. The number of aliphatic hydroxyl groups is 1. The van der Waals surface area contributed by atoms with Crippen LogP contribution in [0.15, 0.2) is 41.5 Å². The molecule has 1 N–H and O–H groups in total. The Labute approximate surface area is 206 Å². The number of hydrogen-bond acceptors (Lipinski definition) is 4. The molecule has 0 fully saturated rings. The quantitative estimate of drug-likeness (QED) is 0.270. The first kappa shape index (κ1) is 28.8. The number of hydrogen-bond donors (Lipinski definition) is 1. The minimum absolute atomic E-state index is 0.144. The molecule has 1 unspecified atom stereocenters. The predicted octanol–water partition coefficient (Wildman–Crippen LogP) is 8.44. The molecule has 8 heteroatoms. The van der Waals surface area contributed by atoms with Gasteiger partial charge in [0, 0.05) is 6.42 Å². The van der Waals surface area contributed by atoms with Gasteiger partial charge in [-0.2, -0.15) is 13.2 Å². The first-order valence-electron chi connectivity index (χ1n) is 11.6. The summed E-state index contributed by atoms with van der Waals surface area (Å²) in [5.74, 6) is 0. The summed E-state index contributed by atoms with van der Waals surface area (Å²) in [5, 5.41) is 11.7. The van der Waals surface area contributed by atoms with Crippen LogP contribution in [-0.2, 0) is 10.0 Å². The van der Waals surface area contributed by atoms with Crippen LogP contribution in [0.1, 0.15) is 64.5 Å². The molecule has 190 valence electrons. The molecule has 0 radical (unpaired) electrons. The summed E-state index contributed by atoms with van der Waals surface area (Å²) >= 11 is 1.42. The number of nitrogens with zero attached hydrogens (tertiary/aromatic N) is 1. The molecule has 0 spiro atoms. The lowest BCUT2D eigenvalue weighted by atomic mass is 9.88. The summed E-state index contributed by atoms with van der Waals surface area (Å²) in [7, 11) is -1.82. The molecule has 0 bridgehead atoms. The first-order valence-corrected chi connectivity index (χ1v) is 15.3. The zero-order valence-corrected chi connectivity index (χ0v) is 23.4. The fraction of sp³-hybridized carbons (Fsp3) is 0.577. The van der Waals surface area contributed by atoms with Gasteiger partial charge in [0.05, 0.1) is 21.8 Å². The van der Waals surface area contributed by atoms with Crippen LogP contribution in [0.3, 0.4) is 0 Å². The van der Waals surface area contributed by atoms with Gasteiger partial charge in [0.25, 0.3) is 0 Å². The smallest absolute Gasteiger partial charge is 0.413 e. The molecular weight excluding hydrogens is 475 g/mol. The molecule has 0 amide bonds. The van der Waals surface area contributed by atoms with Gasteiger partial charge in [-0.25, -0.2) is 4.98 Å². The Bertz CT molecular complexity index is 1050. The highest BCUT2D eigenvalue weighted by molar-refractivity contribution is 7.18. The van der Waals surface area contributed by atoms with Gasteiger partial charge in [0.15, 0.2) is 13.9 Å². The molecule has 1 atom stereocenters. The van der Waals surface area contributed by atoms with Crippen molar-refractivity contribution in [2.45, 2.75) is 90.7 Å². The predicted molar refractivity (Wildman–Crippen MR) is 139 cm³/mol. The van der Waals surface area contributed by atoms with Crippen LogP contribution in [0.25, 0.3) is 10.2 Å². The van der Waals surface area contributed by atoms with Crippen LogP contribution < -0.4 is 0 Å². The van der Waals surface area contributed by atoms with E-state index in [2.05, 4.69) is 44.9 Å². The van der Waals surface area contributed by atoms with Crippen LogP contribution in [0, 0.1) is 6.92 Å². The van der Waals surface area contributed by atoms with Crippen molar-refractivity contribution < 1.29 is 22.7 Å². The highest BCUT2D eigenvalue weighted by atomic mass is 32.1. The number of aryl methyl sites for hydroxylation is 1. The summed E-state index contributed by atoms with van der Waals surface area (Å²) in [6.07, 6.45) is -0.425. The summed E-state index contributed by atoms with van der Waals surface area (Å²) in [4.78, 5) is 4.28. The van der Waals surface area contributed by atoms with Crippen LogP contribution >= 0.6 is 11.3 Å². The van der Waals surface area contributed by atoms with Crippen molar-refractivity contribution in [1.82, 2.24) is 4.98 Å². The number of halogens is 3. The third-order valence-electron chi connectivity index (χ3n) is 6.69. The van der Waals surface area contributed by atoms with E-state index >= 15 is 0 Å². The third-order valence-corrected chi connectivity index (χ3v) is 12.1. The lowest BCUT2D eigenvalue weighted by Crippen LogP contribution is -2.42. The molecule has 1 heterocycles. The van der Waals surface area contributed by atoms with E-state index in [-0.39, 0.29) is 10.6 Å². The van der Waals surface area contributed by atoms with Crippen molar-refractivity contribution in [1.29, 1.82) is 0 Å². The fourth-order valence-corrected chi connectivity index (χ4v) is 5.07. The van der Waals surface area contributed by atoms with Gasteiger partial charge >= 0.3 is 6.18 Å². The van der Waals surface area contributed by atoms with Gasteiger partial charge in [-0.1, -0.05) is 50.1 Å². The Balaban J connectivity index is 2.06. The Morgan fingerprint density at radius 1 is 1.12 bits per heavy atom. The highest BCUT2D eigenvalue weighted by Gasteiger charge is 2.54. The van der Waals surface area contributed by atoms with Crippen molar-refractivity contribution >= 4 is 29.9 Å². The van der Waals surface area contributed by atoms with Crippen molar-refractivity contribution in [3.63, 3.8) is 0 Å². The van der Waals surface area contributed by atoms with Gasteiger partial charge in [-0.15, -0.1) is 11.3 Å². The van der Waals surface area contributed by atoms with Gasteiger partial charge in [-0.3, -0.25) is 0 Å². The lowest BCUT2D eigenvalue weighted by molar-refractivity contribution is -0.265. The molecular formula is C26H38F3NO2SSi. The van der Waals surface area contributed by atoms with Gasteiger partial charge in [0.1, 0.15) is 0 Å². The van der Waals surface area contributed by atoms with Crippen molar-refractivity contribution in [3.8, 4) is 0 Å². The SMILES string of the molecule is C/C(=C/CC(O)(c1ccc2sc(C)nc2c1)C(F)(F)F)CC/C=C(\C)CO[Si](C)(C)C(C)(C)C. The number of benzene rings is 1. The van der Waals surface area contributed by atoms with Crippen molar-refractivity contribution in [2.75, 3.05) is 6.61 Å². The molecule has 1 aromatic heterocycles. The normalized spacial score (nSPS) is 16.2. The number of allylic oxidation sites excluding steroid dienone is 2. The van der Waals surface area contributed by atoms with Crippen LogP contribution in [0.5, 0.6) is 0 Å². The highest BCUT2D eigenvalue weighted by Crippen LogP contribution is 2.43. The minimum atomic E-state index is -4.81. The summed E-state index contributed by atoms with van der Waals surface area (Å²) < 4.78 is 48.9. The van der Waals surface area contributed by atoms with E-state index in [1.165, 1.54) is 29.5 Å². The average Bonchev–Trinajstić information content (AvgIpc) is 3.08.